The number of aryl methyl sites for hydroxylation is 1. The molecule has 5 nitrogen and oxygen atoms in total. The quantitative estimate of drug-likeness (QED) is 0.897. The van der Waals surface area contributed by atoms with Crippen LogP contribution in [-0.2, 0) is 6.54 Å². The van der Waals surface area contributed by atoms with Crippen LogP contribution in [0.3, 0.4) is 0 Å². The molecule has 0 radical (unpaired) electrons. The number of hydrogen-bond donors (Lipinski definition) is 1. The van der Waals surface area contributed by atoms with E-state index in [0.717, 1.165) is 28.1 Å². The number of ether oxygens (including phenoxy) is 1. The van der Waals surface area contributed by atoms with E-state index in [1.165, 1.54) is 0 Å². The molecular formula is C20H26N2O3. The van der Waals surface area contributed by atoms with E-state index in [4.69, 9.17) is 4.74 Å². The first-order valence-electron chi connectivity index (χ1n) is 8.33. The van der Waals surface area contributed by atoms with Gasteiger partial charge in [0.05, 0.1) is 24.9 Å². The minimum Gasteiger partial charge on any atom is -0.507 e. The van der Waals surface area contributed by atoms with Crippen molar-refractivity contribution >= 4 is 5.91 Å². The minimum atomic E-state index is -0.242. The van der Waals surface area contributed by atoms with Crippen LogP contribution >= 0.6 is 0 Å². The molecule has 1 heterocycles. The number of pyridine rings is 1. The van der Waals surface area contributed by atoms with Crippen LogP contribution in [0.5, 0.6) is 11.5 Å². The highest BCUT2D eigenvalue weighted by Crippen LogP contribution is 2.27. The molecule has 0 aliphatic heterocycles. The van der Waals surface area contributed by atoms with Gasteiger partial charge in [0.1, 0.15) is 11.5 Å². The molecule has 0 saturated carbocycles. The molecule has 0 fully saturated rings. The first kappa shape index (κ1) is 18.8. The lowest BCUT2D eigenvalue weighted by Crippen LogP contribution is -2.27. The summed E-state index contributed by atoms with van der Waals surface area (Å²) < 4.78 is 5.41. The van der Waals surface area contributed by atoms with E-state index in [2.05, 4.69) is 4.98 Å². The molecule has 0 aliphatic carbocycles. The Morgan fingerprint density at radius 3 is 2.56 bits per heavy atom. The summed E-state index contributed by atoms with van der Waals surface area (Å²) in [5.41, 5.74) is 3.94. The molecule has 25 heavy (non-hydrogen) atoms. The second-order valence-corrected chi connectivity index (χ2v) is 6.64. The van der Waals surface area contributed by atoms with Crippen molar-refractivity contribution in [3.8, 4) is 11.5 Å². The van der Waals surface area contributed by atoms with Crippen LogP contribution < -0.4 is 4.74 Å². The van der Waals surface area contributed by atoms with E-state index in [1.54, 1.807) is 37.4 Å². The van der Waals surface area contributed by atoms with Gasteiger partial charge in [-0.1, -0.05) is 19.9 Å². The number of methoxy groups -OCH3 is 1. The molecule has 0 aliphatic rings. The van der Waals surface area contributed by atoms with E-state index in [0.29, 0.717) is 18.0 Å². The monoisotopic (exact) mass is 342 g/mol. The van der Waals surface area contributed by atoms with E-state index in [9.17, 15) is 9.90 Å². The van der Waals surface area contributed by atoms with Gasteiger partial charge in [0.2, 0.25) is 0 Å². The zero-order valence-electron chi connectivity index (χ0n) is 15.8. The Balaban J connectivity index is 2.24. The first-order chi connectivity index (χ1) is 11.8. The number of aromatic hydroxyl groups is 1. The number of rotatable bonds is 5. The molecule has 0 atom stereocenters. The van der Waals surface area contributed by atoms with Gasteiger partial charge in [-0.3, -0.25) is 9.78 Å². The minimum absolute atomic E-state index is 0.00854. The van der Waals surface area contributed by atoms with Gasteiger partial charge in [0, 0.05) is 24.4 Å². The zero-order chi connectivity index (χ0) is 18.7. The van der Waals surface area contributed by atoms with Crippen LogP contribution in [0.2, 0.25) is 0 Å². The van der Waals surface area contributed by atoms with Crippen molar-refractivity contribution < 1.29 is 14.6 Å². The molecule has 0 unspecified atom stereocenters. The largest absolute Gasteiger partial charge is 0.507 e. The molecular weight excluding hydrogens is 316 g/mol. The van der Waals surface area contributed by atoms with E-state index >= 15 is 0 Å². The van der Waals surface area contributed by atoms with Gasteiger partial charge < -0.3 is 14.7 Å². The lowest BCUT2D eigenvalue weighted by molar-refractivity contribution is 0.0780. The van der Waals surface area contributed by atoms with Crippen molar-refractivity contribution in [1.82, 2.24) is 9.88 Å². The topological polar surface area (TPSA) is 62.7 Å². The summed E-state index contributed by atoms with van der Waals surface area (Å²) in [5.74, 6) is 0.845. The predicted molar refractivity (Wildman–Crippen MR) is 98.3 cm³/mol. The van der Waals surface area contributed by atoms with Crippen LogP contribution in [0, 0.1) is 13.8 Å². The number of phenols is 1. The van der Waals surface area contributed by atoms with Gasteiger partial charge in [-0.25, -0.2) is 0 Å². The fourth-order valence-electron chi connectivity index (χ4n) is 2.82. The van der Waals surface area contributed by atoms with E-state index < -0.39 is 0 Å². The number of phenolic OH excluding ortho intramolecular Hbond substituents is 1. The van der Waals surface area contributed by atoms with Crippen LogP contribution in [0.4, 0.5) is 0 Å². The molecule has 0 bridgehead atoms. The summed E-state index contributed by atoms with van der Waals surface area (Å²) in [6, 6.07) is 5.22. The average Bonchev–Trinajstić information content (AvgIpc) is 2.57. The molecule has 1 aromatic heterocycles. The molecule has 5 heteroatoms. The third-order valence-corrected chi connectivity index (χ3v) is 4.40. The Hall–Kier alpha value is -2.56. The number of benzene rings is 1. The molecule has 134 valence electrons. The first-order valence-corrected chi connectivity index (χ1v) is 8.33. The number of nitrogens with zero attached hydrogens (tertiary/aromatic N) is 2. The van der Waals surface area contributed by atoms with Crippen molar-refractivity contribution in [2.24, 2.45) is 0 Å². The normalized spacial score (nSPS) is 10.8. The number of hydrogen-bond acceptors (Lipinski definition) is 4. The lowest BCUT2D eigenvalue weighted by atomic mass is 10.0. The zero-order valence-corrected chi connectivity index (χ0v) is 15.8. The maximum absolute atomic E-state index is 12.7. The van der Waals surface area contributed by atoms with Crippen molar-refractivity contribution in [2.75, 3.05) is 14.2 Å². The van der Waals surface area contributed by atoms with Crippen LogP contribution in [0.25, 0.3) is 0 Å². The fraction of sp³-hybridized carbons (Fsp3) is 0.400. The highest BCUT2D eigenvalue weighted by molar-refractivity contribution is 5.96. The predicted octanol–water partition coefficient (Wildman–Crippen LogP) is 3.81. The van der Waals surface area contributed by atoms with Gasteiger partial charge >= 0.3 is 0 Å². The summed E-state index contributed by atoms with van der Waals surface area (Å²) in [6.45, 7) is 8.29. The van der Waals surface area contributed by atoms with Gasteiger partial charge in [-0.15, -0.1) is 0 Å². The summed E-state index contributed by atoms with van der Waals surface area (Å²) in [4.78, 5) is 18.7. The van der Waals surface area contributed by atoms with Gasteiger partial charge in [-0.05, 0) is 37.5 Å². The van der Waals surface area contributed by atoms with Crippen molar-refractivity contribution in [3.63, 3.8) is 0 Å². The summed E-state index contributed by atoms with van der Waals surface area (Å²) in [5, 5.41) is 10.2. The maximum Gasteiger partial charge on any atom is 0.257 e. The number of carbonyl (C=O) groups excluding carboxylic acids is 1. The molecule has 0 spiro atoms. The average molecular weight is 342 g/mol. The Labute approximate surface area is 149 Å². The molecule has 2 aromatic rings. The third kappa shape index (κ3) is 3.92. The summed E-state index contributed by atoms with van der Waals surface area (Å²) >= 11 is 0. The van der Waals surface area contributed by atoms with Gasteiger partial charge in [-0.2, -0.15) is 0 Å². The second-order valence-electron chi connectivity index (χ2n) is 6.64. The third-order valence-electron chi connectivity index (χ3n) is 4.40. The number of aromatic nitrogens is 1. The highest BCUT2D eigenvalue weighted by atomic mass is 16.5. The maximum atomic E-state index is 12.7. The van der Waals surface area contributed by atoms with E-state index in [-0.39, 0.29) is 11.7 Å². The van der Waals surface area contributed by atoms with Crippen LogP contribution in [-0.4, -0.2) is 35.1 Å². The standard InChI is InChI=1S/C20H26N2O3/c1-12(2)15-7-8-16(18(23)9-15)20(24)22(5)11-17-14(4)19(25-6)13(3)10-21-17/h7-10,12,23H,11H2,1-6H3. The van der Waals surface area contributed by atoms with Gasteiger partial charge in [0.25, 0.3) is 5.91 Å². The Kier molecular flexibility index (Phi) is 5.67. The SMILES string of the molecule is COc1c(C)cnc(CN(C)C(=O)c2ccc(C(C)C)cc2O)c1C. The molecule has 0 saturated heterocycles. The number of amides is 1. The Morgan fingerprint density at radius 1 is 1.32 bits per heavy atom. The molecule has 1 N–H and O–H groups in total. The summed E-state index contributed by atoms with van der Waals surface area (Å²) in [7, 11) is 3.33. The Morgan fingerprint density at radius 2 is 2.00 bits per heavy atom. The van der Waals surface area contributed by atoms with Crippen molar-refractivity contribution in [3.05, 3.63) is 52.3 Å². The van der Waals surface area contributed by atoms with Crippen molar-refractivity contribution in [1.29, 1.82) is 0 Å². The van der Waals surface area contributed by atoms with Crippen LogP contribution in [0.1, 0.15) is 52.5 Å². The fourth-order valence-corrected chi connectivity index (χ4v) is 2.82. The van der Waals surface area contributed by atoms with Gasteiger partial charge in [0.15, 0.2) is 0 Å². The number of carbonyl (C=O) groups is 1. The second kappa shape index (κ2) is 7.55. The van der Waals surface area contributed by atoms with Crippen molar-refractivity contribution in [2.45, 2.75) is 40.2 Å². The van der Waals surface area contributed by atoms with E-state index in [1.807, 2.05) is 33.8 Å². The lowest BCUT2D eigenvalue weighted by Gasteiger charge is -2.20. The smallest absolute Gasteiger partial charge is 0.257 e. The molecule has 2 rings (SSSR count). The molecule has 1 aromatic carbocycles. The highest BCUT2D eigenvalue weighted by Gasteiger charge is 2.19. The summed E-state index contributed by atoms with van der Waals surface area (Å²) in [6.07, 6.45) is 1.74. The molecule has 1 amide bonds. The Bertz CT molecular complexity index is 785. The van der Waals surface area contributed by atoms with Crippen LogP contribution in [0.15, 0.2) is 24.4 Å².